The lowest BCUT2D eigenvalue weighted by Gasteiger charge is -2.09. The van der Waals surface area contributed by atoms with Gasteiger partial charge in [0.2, 0.25) is 0 Å². The van der Waals surface area contributed by atoms with Gasteiger partial charge in [-0.15, -0.1) is 0 Å². The van der Waals surface area contributed by atoms with E-state index in [1.54, 1.807) is 0 Å². The largest absolute Gasteiger partial charge is 0.0885 e. The highest BCUT2D eigenvalue weighted by Gasteiger charge is 2.00. The first-order chi connectivity index (χ1) is 5.85. The van der Waals surface area contributed by atoms with Crippen LogP contribution in [-0.4, -0.2) is 0 Å². The third-order valence-electron chi connectivity index (χ3n) is 2.37. The molecule has 0 aliphatic carbocycles. The number of allylic oxidation sites excluding steroid dienone is 2. The molecule has 0 heterocycles. The van der Waals surface area contributed by atoms with Crippen LogP contribution in [0.15, 0.2) is 12.2 Å². The van der Waals surface area contributed by atoms with Gasteiger partial charge in [0.1, 0.15) is 0 Å². The van der Waals surface area contributed by atoms with E-state index in [1.807, 2.05) is 0 Å². The second-order valence-corrected chi connectivity index (χ2v) is 3.56. The molecule has 0 saturated carbocycles. The molecule has 0 aliphatic rings. The summed E-state index contributed by atoms with van der Waals surface area (Å²) in [5, 5.41) is 0. The fraction of sp³-hybridized carbons (Fsp3) is 0.833. The van der Waals surface area contributed by atoms with Gasteiger partial charge < -0.3 is 0 Å². The number of hydrogen-bond donors (Lipinski definition) is 0. The summed E-state index contributed by atoms with van der Waals surface area (Å²) in [6, 6.07) is 0. The predicted molar refractivity (Wildman–Crippen MR) is 57.4 cm³/mol. The third kappa shape index (κ3) is 6.45. The summed E-state index contributed by atoms with van der Waals surface area (Å²) in [6.45, 7) is 6.81. The van der Waals surface area contributed by atoms with Crippen molar-refractivity contribution in [1.29, 1.82) is 0 Å². The molecule has 0 heteroatoms. The van der Waals surface area contributed by atoms with Gasteiger partial charge in [0.25, 0.3) is 0 Å². The van der Waals surface area contributed by atoms with Crippen molar-refractivity contribution in [2.45, 2.75) is 59.3 Å². The molecule has 0 aromatic carbocycles. The number of hydrogen-bond acceptors (Lipinski definition) is 0. The first-order valence-electron chi connectivity index (χ1n) is 5.50. The molecular weight excluding hydrogens is 144 g/mol. The lowest BCUT2D eigenvalue weighted by molar-refractivity contribution is 0.470. The molecule has 1 atom stereocenters. The molecule has 0 rings (SSSR count). The maximum Gasteiger partial charge on any atom is -0.0322 e. The molecule has 0 aromatic heterocycles. The monoisotopic (exact) mass is 168 g/mol. The van der Waals surface area contributed by atoms with E-state index in [4.69, 9.17) is 0 Å². The van der Waals surface area contributed by atoms with Crippen LogP contribution in [0.3, 0.4) is 0 Å². The van der Waals surface area contributed by atoms with Crippen molar-refractivity contribution in [3.8, 4) is 0 Å². The third-order valence-corrected chi connectivity index (χ3v) is 2.37. The van der Waals surface area contributed by atoms with Crippen molar-refractivity contribution < 1.29 is 0 Å². The zero-order valence-electron chi connectivity index (χ0n) is 8.97. The maximum absolute atomic E-state index is 2.37. The Morgan fingerprint density at radius 2 is 1.75 bits per heavy atom. The topological polar surface area (TPSA) is 0 Å². The van der Waals surface area contributed by atoms with E-state index >= 15 is 0 Å². The van der Waals surface area contributed by atoms with E-state index in [0.717, 1.165) is 5.92 Å². The Kier molecular flexibility index (Phi) is 8.64. The second-order valence-electron chi connectivity index (χ2n) is 3.56. The average Bonchev–Trinajstić information content (AvgIpc) is 2.10. The SMILES string of the molecule is CCCC=CCC(CC)CCC. The Hall–Kier alpha value is -0.260. The molecule has 1 unspecified atom stereocenters. The van der Waals surface area contributed by atoms with Gasteiger partial charge in [-0.25, -0.2) is 0 Å². The number of unbranched alkanes of at least 4 members (excludes halogenated alkanes) is 1. The molecule has 0 N–H and O–H groups in total. The lowest BCUT2D eigenvalue weighted by atomic mass is 9.97. The van der Waals surface area contributed by atoms with Gasteiger partial charge in [-0.3, -0.25) is 0 Å². The Bertz CT molecular complexity index is 103. The van der Waals surface area contributed by atoms with Crippen LogP contribution >= 0.6 is 0 Å². The standard InChI is InChI=1S/C12H24/c1-4-7-8-9-11-12(6-3)10-5-2/h8-9,12H,4-7,10-11H2,1-3H3. The van der Waals surface area contributed by atoms with Crippen LogP contribution in [0.1, 0.15) is 59.3 Å². The Balaban J connectivity index is 3.42. The van der Waals surface area contributed by atoms with E-state index in [2.05, 4.69) is 32.9 Å². The van der Waals surface area contributed by atoms with Crippen molar-refractivity contribution in [3.05, 3.63) is 12.2 Å². The van der Waals surface area contributed by atoms with Crippen molar-refractivity contribution in [1.82, 2.24) is 0 Å². The van der Waals surface area contributed by atoms with Crippen LogP contribution < -0.4 is 0 Å². The fourth-order valence-corrected chi connectivity index (χ4v) is 1.47. The number of rotatable bonds is 7. The molecule has 0 fully saturated rings. The van der Waals surface area contributed by atoms with Crippen molar-refractivity contribution >= 4 is 0 Å². The second kappa shape index (κ2) is 8.83. The van der Waals surface area contributed by atoms with Crippen LogP contribution in [0.2, 0.25) is 0 Å². The predicted octanol–water partition coefficient (Wildman–Crippen LogP) is 4.56. The Morgan fingerprint density at radius 3 is 2.25 bits per heavy atom. The lowest BCUT2D eigenvalue weighted by Crippen LogP contribution is -1.95. The molecule has 0 nitrogen and oxygen atoms in total. The average molecular weight is 168 g/mol. The summed E-state index contributed by atoms with van der Waals surface area (Å²) < 4.78 is 0. The molecule has 0 bridgehead atoms. The highest BCUT2D eigenvalue weighted by Crippen LogP contribution is 2.15. The van der Waals surface area contributed by atoms with Crippen molar-refractivity contribution in [2.24, 2.45) is 5.92 Å². The molecule has 0 saturated heterocycles. The molecule has 0 spiro atoms. The Morgan fingerprint density at radius 1 is 1.00 bits per heavy atom. The van der Waals surface area contributed by atoms with Gasteiger partial charge in [0.05, 0.1) is 0 Å². The minimum atomic E-state index is 0.933. The van der Waals surface area contributed by atoms with Gasteiger partial charge in [-0.2, -0.15) is 0 Å². The van der Waals surface area contributed by atoms with Crippen LogP contribution in [0.25, 0.3) is 0 Å². The van der Waals surface area contributed by atoms with Gasteiger partial charge in [0.15, 0.2) is 0 Å². The molecular formula is C12H24. The molecule has 72 valence electrons. The van der Waals surface area contributed by atoms with Crippen LogP contribution in [0.5, 0.6) is 0 Å². The van der Waals surface area contributed by atoms with Gasteiger partial charge in [-0.05, 0) is 18.8 Å². The molecule has 0 radical (unpaired) electrons. The maximum atomic E-state index is 2.37. The first-order valence-corrected chi connectivity index (χ1v) is 5.50. The summed E-state index contributed by atoms with van der Waals surface area (Å²) in [5.41, 5.74) is 0. The zero-order valence-corrected chi connectivity index (χ0v) is 8.97. The van der Waals surface area contributed by atoms with Crippen LogP contribution in [0.4, 0.5) is 0 Å². The van der Waals surface area contributed by atoms with E-state index < -0.39 is 0 Å². The quantitative estimate of drug-likeness (QED) is 0.489. The first kappa shape index (κ1) is 11.7. The Labute approximate surface area is 78.1 Å². The summed E-state index contributed by atoms with van der Waals surface area (Å²) in [6.07, 6.45) is 12.6. The zero-order chi connectivity index (χ0) is 9.23. The van der Waals surface area contributed by atoms with Gasteiger partial charge in [-0.1, -0.05) is 58.6 Å². The molecule has 0 aromatic rings. The van der Waals surface area contributed by atoms with Crippen molar-refractivity contribution in [3.63, 3.8) is 0 Å². The molecule has 12 heavy (non-hydrogen) atoms. The van der Waals surface area contributed by atoms with Crippen LogP contribution in [-0.2, 0) is 0 Å². The van der Waals surface area contributed by atoms with Crippen molar-refractivity contribution in [2.75, 3.05) is 0 Å². The van der Waals surface area contributed by atoms with E-state index in [0.29, 0.717) is 0 Å². The van der Waals surface area contributed by atoms with Gasteiger partial charge >= 0.3 is 0 Å². The minimum Gasteiger partial charge on any atom is -0.0885 e. The summed E-state index contributed by atoms with van der Waals surface area (Å²) in [4.78, 5) is 0. The van der Waals surface area contributed by atoms with Gasteiger partial charge in [0, 0.05) is 0 Å². The summed E-state index contributed by atoms with van der Waals surface area (Å²) in [7, 11) is 0. The fourth-order valence-electron chi connectivity index (χ4n) is 1.47. The van der Waals surface area contributed by atoms with E-state index in [9.17, 15) is 0 Å². The van der Waals surface area contributed by atoms with E-state index in [1.165, 1.54) is 38.5 Å². The summed E-state index contributed by atoms with van der Waals surface area (Å²) >= 11 is 0. The smallest absolute Gasteiger partial charge is 0.0322 e. The van der Waals surface area contributed by atoms with E-state index in [-0.39, 0.29) is 0 Å². The molecule has 0 amide bonds. The highest BCUT2D eigenvalue weighted by molar-refractivity contribution is 4.83. The molecule has 0 aliphatic heterocycles. The summed E-state index contributed by atoms with van der Waals surface area (Å²) in [5.74, 6) is 0.933. The highest BCUT2D eigenvalue weighted by atomic mass is 14.1. The minimum absolute atomic E-state index is 0.933. The normalized spacial score (nSPS) is 13.9. The van der Waals surface area contributed by atoms with Crippen LogP contribution in [0, 0.1) is 5.92 Å².